The van der Waals surface area contributed by atoms with Crippen LogP contribution in [0.4, 0.5) is 0 Å². The van der Waals surface area contributed by atoms with Crippen molar-refractivity contribution in [2.24, 2.45) is 5.14 Å². The lowest BCUT2D eigenvalue weighted by Crippen LogP contribution is -2.50. The number of fused-ring (bicyclic) bond motifs is 1. The number of hydrogen-bond acceptors (Lipinski definition) is 4. The molecule has 7 nitrogen and oxygen atoms in total. The molecule has 0 atom stereocenters. The number of hydrogen-bond donors (Lipinski definition) is 1. The average molecular weight is 423 g/mol. The first-order valence-corrected chi connectivity index (χ1v) is 11.1. The van der Waals surface area contributed by atoms with Crippen molar-refractivity contribution in [3.05, 3.63) is 77.9 Å². The van der Waals surface area contributed by atoms with Crippen molar-refractivity contribution in [3.8, 4) is 0 Å². The third-order valence-electron chi connectivity index (χ3n) is 5.28. The number of rotatable bonds is 3. The van der Waals surface area contributed by atoms with Crippen molar-refractivity contribution in [1.29, 1.82) is 0 Å². The lowest BCUT2D eigenvalue weighted by Gasteiger charge is -2.35. The molecular formula is C22H21N3O4S. The zero-order valence-electron chi connectivity index (χ0n) is 16.2. The molecule has 0 aromatic heterocycles. The average Bonchev–Trinajstić information content (AvgIpc) is 2.77. The van der Waals surface area contributed by atoms with Crippen LogP contribution in [0.25, 0.3) is 10.8 Å². The molecule has 0 saturated carbocycles. The largest absolute Gasteiger partial charge is 0.335 e. The summed E-state index contributed by atoms with van der Waals surface area (Å²) < 4.78 is 22.7. The number of carbonyl (C=O) groups is 2. The normalized spacial score (nSPS) is 14.7. The van der Waals surface area contributed by atoms with Crippen molar-refractivity contribution < 1.29 is 18.0 Å². The van der Waals surface area contributed by atoms with Crippen LogP contribution in [0, 0.1) is 0 Å². The summed E-state index contributed by atoms with van der Waals surface area (Å²) in [5, 5.41) is 7.18. The quantitative estimate of drug-likeness (QED) is 0.697. The third kappa shape index (κ3) is 4.05. The molecule has 2 amide bonds. The minimum absolute atomic E-state index is 0.0372. The molecule has 8 heteroatoms. The van der Waals surface area contributed by atoms with Gasteiger partial charge in [-0.3, -0.25) is 9.59 Å². The van der Waals surface area contributed by atoms with Crippen LogP contribution >= 0.6 is 0 Å². The van der Waals surface area contributed by atoms with Crippen LogP contribution in [-0.4, -0.2) is 56.2 Å². The van der Waals surface area contributed by atoms with Gasteiger partial charge >= 0.3 is 0 Å². The summed E-state index contributed by atoms with van der Waals surface area (Å²) >= 11 is 0. The van der Waals surface area contributed by atoms with Gasteiger partial charge in [-0.15, -0.1) is 0 Å². The van der Waals surface area contributed by atoms with Gasteiger partial charge in [0.2, 0.25) is 10.0 Å². The van der Waals surface area contributed by atoms with E-state index in [0.29, 0.717) is 37.3 Å². The van der Waals surface area contributed by atoms with Crippen molar-refractivity contribution >= 4 is 32.6 Å². The molecule has 3 aromatic rings. The van der Waals surface area contributed by atoms with Gasteiger partial charge in [0, 0.05) is 37.3 Å². The van der Waals surface area contributed by atoms with Crippen LogP contribution in [0.2, 0.25) is 0 Å². The summed E-state index contributed by atoms with van der Waals surface area (Å²) in [6.07, 6.45) is 0. The Morgan fingerprint density at radius 3 is 1.77 bits per heavy atom. The molecule has 0 spiro atoms. The topological polar surface area (TPSA) is 101 Å². The monoisotopic (exact) mass is 423 g/mol. The molecule has 0 bridgehead atoms. The molecule has 0 aliphatic carbocycles. The Balaban J connectivity index is 1.41. The van der Waals surface area contributed by atoms with E-state index in [-0.39, 0.29) is 16.7 Å². The van der Waals surface area contributed by atoms with Crippen LogP contribution in [0.3, 0.4) is 0 Å². The van der Waals surface area contributed by atoms with Gasteiger partial charge in [0.15, 0.2) is 0 Å². The molecule has 0 radical (unpaired) electrons. The fraction of sp³-hybridized carbons (Fsp3) is 0.182. The molecule has 1 fully saturated rings. The molecule has 1 aliphatic rings. The standard InChI is InChI=1S/C22H21N3O4S/c23-30(28,29)20-9-7-17(8-10-20)21(26)24-11-13-25(14-12-24)22(27)19-6-5-16-3-1-2-4-18(16)15-19/h1-10,15H,11-14H2,(H2,23,28,29). The van der Waals surface area contributed by atoms with Crippen LogP contribution in [0.5, 0.6) is 0 Å². The maximum atomic E-state index is 12.9. The molecule has 4 rings (SSSR count). The molecule has 30 heavy (non-hydrogen) atoms. The molecule has 3 aromatic carbocycles. The summed E-state index contributed by atoms with van der Waals surface area (Å²) in [5.74, 6) is -0.251. The SMILES string of the molecule is NS(=O)(=O)c1ccc(C(=O)N2CCN(C(=O)c3ccc4ccccc4c3)CC2)cc1. The molecule has 1 heterocycles. The summed E-state index contributed by atoms with van der Waals surface area (Å²) in [5.41, 5.74) is 1.02. The Kier molecular flexibility index (Phi) is 5.27. The number of amides is 2. The summed E-state index contributed by atoms with van der Waals surface area (Å²) in [6.45, 7) is 1.70. The van der Waals surface area contributed by atoms with E-state index in [0.717, 1.165) is 10.8 Å². The first-order chi connectivity index (χ1) is 14.3. The fourth-order valence-electron chi connectivity index (χ4n) is 3.59. The smallest absolute Gasteiger partial charge is 0.253 e. The number of nitrogens with two attached hydrogens (primary N) is 1. The zero-order chi connectivity index (χ0) is 21.3. The second-order valence-corrected chi connectivity index (χ2v) is 8.78. The molecular weight excluding hydrogens is 402 g/mol. The molecule has 154 valence electrons. The van der Waals surface area contributed by atoms with Gasteiger partial charge < -0.3 is 9.80 Å². The lowest BCUT2D eigenvalue weighted by molar-refractivity contribution is 0.0535. The van der Waals surface area contributed by atoms with Crippen molar-refractivity contribution in [3.63, 3.8) is 0 Å². The predicted octanol–water partition coefficient (Wildman–Crippen LogP) is 2.09. The molecule has 0 unspecified atom stereocenters. The van der Waals surface area contributed by atoms with Crippen LogP contribution in [0.15, 0.2) is 71.6 Å². The first kappa shape index (κ1) is 20.1. The maximum Gasteiger partial charge on any atom is 0.253 e. The summed E-state index contributed by atoms with van der Waals surface area (Å²) in [7, 11) is -3.80. The Bertz CT molecular complexity index is 1210. The van der Waals surface area contributed by atoms with Gasteiger partial charge in [0.25, 0.3) is 11.8 Å². The molecule has 1 aliphatic heterocycles. The summed E-state index contributed by atoms with van der Waals surface area (Å²) in [6, 6.07) is 19.1. The number of piperazine rings is 1. The maximum absolute atomic E-state index is 12.9. The Morgan fingerprint density at radius 1 is 0.700 bits per heavy atom. The Labute approximate surface area is 174 Å². The van der Waals surface area contributed by atoms with Crippen LogP contribution < -0.4 is 5.14 Å². The van der Waals surface area contributed by atoms with E-state index in [1.807, 2.05) is 42.5 Å². The van der Waals surface area contributed by atoms with Gasteiger partial charge in [-0.25, -0.2) is 13.6 Å². The van der Waals surface area contributed by atoms with E-state index in [4.69, 9.17) is 5.14 Å². The number of nitrogens with zero attached hydrogens (tertiary/aromatic N) is 2. The van der Waals surface area contributed by atoms with Crippen molar-refractivity contribution in [1.82, 2.24) is 9.80 Å². The van der Waals surface area contributed by atoms with E-state index < -0.39 is 10.0 Å². The van der Waals surface area contributed by atoms with Crippen molar-refractivity contribution in [2.45, 2.75) is 4.90 Å². The second-order valence-electron chi connectivity index (χ2n) is 7.22. The van der Waals surface area contributed by atoms with Crippen LogP contribution in [-0.2, 0) is 10.0 Å². The Morgan fingerprint density at radius 2 is 1.20 bits per heavy atom. The van der Waals surface area contributed by atoms with E-state index in [9.17, 15) is 18.0 Å². The van der Waals surface area contributed by atoms with Gasteiger partial charge in [-0.1, -0.05) is 30.3 Å². The highest BCUT2D eigenvalue weighted by molar-refractivity contribution is 7.89. The number of primary sulfonamides is 1. The minimum Gasteiger partial charge on any atom is -0.335 e. The van der Waals surface area contributed by atoms with Crippen molar-refractivity contribution in [2.75, 3.05) is 26.2 Å². The number of benzene rings is 3. The first-order valence-electron chi connectivity index (χ1n) is 9.53. The van der Waals surface area contributed by atoms with E-state index >= 15 is 0 Å². The highest BCUT2D eigenvalue weighted by atomic mass is 32.2. The lowest BCUT2D eigenvalue weighted by atomic mass is 10.1. The Hall–Kier alpha value is -3.23. The van der Waals surface area contributed by atoms with Gasteiger partial charge in [-0.05, 0) is 47.2 Å². The van der Waals surface area contributed by atoms with E-state index in [1.54, 1.807) is 9.80 Å². The minimum atomic E-state index is -3.80. The van der Waals surface area contributed by atoms with Gasteiger partial charge in [-0.2, -0.15) is 0 Å². The van der Waals surface area contributed by atoms with Gasteiger partial charge in [0.1, 0.15) is 0 Å². The summed E-state index contributed by atoms with van der Waals surface area (Å²) in [4.78, 5) is 28.9. The highest BCUT2D eigenvalue weighted by Crippen LogP contribution is 2.18. The number of carbonyl (C=O) groups excluding carboxylic acids is 2. The fourth-order valence-corrected chi connectivity index (χ4v) is 4.10. The second kappa shape index (κ2) is 7.89. The zero-order valence-corrected chi connectivity index (χ0v) is 17.0. The predicted molar refractivity (Wildman–Crippen MR) is 114 cm³/mol. The molecule has 2 N–H and O–H groups in total. The molecule has 1 saturated heterocycles. The van der Waals surface area contributed by atoms with Crippen LogP contribution in [0.1, 0.15) is 20.7 Å². The van der Waals surface area contributed by atoms with Gasteiger partial charge in [0.05, 0.1) is 4.90 Å². The van der Waals surface area contributed by atoms with E-state index in [1.165, 1.54) is 24.3 Å². The van der Waals surface area contributed by atoms with E-state index in [2.05, 4.69) is 0 Å². The number of sulfonamides is 1. The third-order valence-corrected chi connectivity index (χ3v) is 6.21. The highest BCUT2D eigenvalue weighted by Gasteiger charge is 2.25.